The lowest BCUT2D eigenvalue weighted by Gasteiger charge is -2.33. The Labute approximate surface area is 198 Å². The van der Waals surface area contributed by atoms with Gasteiger partial charge in [-0.1, -0.05) is 11.6 Å². The maximum Gasteiger partial charge on any atom is 0.240 e. The molecule has 0 aliphatic carbocycles. The molecule has 3 fully saturated rings. The number of nitrogens with zero attached hydrogens (tertiary/aromatic N) is 3. The summed E-state index contributed by atoms with van der Waals surface area (Å²) in [5, 5.41) is 11.3. The van der Waals surface area contributed by atoms with E-state index in [1.54, 1.807) is 36.7 Å². The molecule has 0 spiro atoms. The number of amides is 2. The van der Waals surface area contributed by atoms with Gasteiger partial charge in [0, 0.05) is 25.1 Å². The van der Waals surface area contributed by atoms with E-state index in [0.29, 0.717) is 23.0 Å². The van der Waals surface area contributed by atoms with Crippen LogP contribution in [-0.4, -0.2) is 50.8 Å². The van der Waals surface area contributed by atoms with Crippen LogP contribution >= 0.6 is 22.9 Å². The van der Waals surface area contributed by atoms with Crippen LogP contribution in [0.25, 0.3) is 10.2 Å². The zero-order chi connectivity index (χ0) is 23.0. The van der Waals surface area contributed by atoms with Crippen molar-refractivity contribution in [3.63, 3.8) is 0 Å². The average molecular weight is 486 g/mol. The van der Waals surface area contributed by atoms with Crippen LogP contribution in [-0.2, 0) is 14.3 Å². The summed E-state index contributed by atoms with van der Waals surface area (Å²) < 4.78 is 13.0. The van der Waals surface area contributed by atoms with Crippen LogP contribution < -0.4 is 9.64 Å². The number of benzene rings is 1. The number of carbonyl (C=O) groups is 2. The molecule has 2 amide bonds. The fraction of sp³-hybridized carbons (Fsp3) is 0.391. The molecule has 3 aromatic rings. The van der Waals surface area contributed by atoms with Gasteiger partial charge in [-0.2, -0.15) is 0 Å². The quantitative estimate of drug-likeness (QED) is 0.553. The summed E-state index contributed by atoms with van der Waals surface area (Å²) in [5.74, 6) is -1.66. The number of pyridine rings is 1. The van der Waals surface area contributed by atoms with Crippen LogP contribution in [0.3, 0.4) is 0 Å². The SMILES string of the molecule is C[C@@]12O[C@@](CCOc3ccc(Cl)cn3)(C[C@H]1O)[C@@H]1C(=O)N(c3ccc4ncsc4c3)C(=O)[C@@H]12. The van der Waals surface area contributed by atoms with Gasteiger partial charge in [0.2, 0.25) is 17.7 Å². The number of aliphatic hydroxyl groups is 1. The third-order valence-corrected chi connectivity index (χ3v) is 8.18. The standard InChI is InChI=1S/C23H20ClN3O5S/c1-22-16(28)9-23(32-22,6-7-31-17-5-2-12(24)10-25-17)19-18(22)20(29)27(21(19)30)13-3-4-14-15(8-13)33-11-26-14/h2-5,8,10-11,16,18-19,28H,6-7,9H2,1H3/t16-,18-,19+,22-,23+/m1/s1. The number of imide groups is 1. The van der Waals surface area contributed by atoms with E-state index in [2.05, 4.69) is 9.97 Å². The molecule has 1 N–H and O–H groups in total. The van der Waals surface area contributed by atoms with Crippen LogP contribution in [0, 0.1) is 11.8 Å². The monoisotopic (exact) mass is 485 g/mol. The Morgan fingerprint density at radius 1 is 1.24 bits per heavy atom. The van der Waals surface area contributed by atoms with Crippen molar-refractivity contribution < 1.29 is 24.2 Å². The second-order valence-corrected chi connectivity index (χ2v) is 10.3. The Morgan fingerprint density at radius 3 is 2.85 bits per heavy atom. The molecule has 0 saturated carbocycles. The van der Waals surface area contributed by atoms with Crippen molar-refractivity contribution in [2.75, 3.05) is 11.5 Å². The Kier molecular flexibility index (Phi) is 4.58. The van der Waals surface area contributed by atoms with Gasteiger partial charge in [-0.3, -0.25) is 9.59 Å². The first-order valence-electron chi connectivity index (χ1n) is 10.7. The second kappa shape index (κ2) is 7.20. The maximum absolute atomic E-state index is 13.7. The summed E-state index contributed by atoms with van der Waals surface area (Å²) in [6.45, 7) is 1.95. The van der Waals surface area contributed by atoms with Crippen LogP contribution in [0.1, 0.15) is 19.8 Å². The van der Waals surface area contributed by atoms with Crippen molar-refractivity contribution in [3.05, 3.63) is 47.1 Å². The average Bonchev–Trinajstić information content (AvgIpc) is 3.48. The van der Waals surface area contributed by atoms with Gasteiger partial charge in [-0.15, -0.1) is 11.3 Å². The number of hydrogen-bond donors (Lipinski definition) is 1. The molecule has 0 radical (unpaired) electrons. The number of anilines is 1. The lowest BCUT2D eigenvalue weighted by atomic mass is 9.66. The van der Waals surface area contributed by atoms with E-state index in [1.807, 2.05) is 6.07 Å². The number of ether oxygens (including phenoxy) is 2. The lowest BCUT2D eigenvalue weighted by Crippen LogP contribution is -2.49. The first-order valence-corrected chi connectivity index (χ1v) is 11.9. The van der Waals surface area contributed by atoms with E-state index in [0.717, 1.165) is 10.2 Å². The highest BCUT2D eigenvalue weighted by molar-refractivity contribution is 7.16. The minimum atomic E-state index is -1.13. The molecule has 5 heterocycles. The molecule has 2 bridgehead atoms. The van der Waals surface area contributed by atoms with Crippen LogP contribution in [0.15, 0.2) is 42.0 Å². The molecular weight excluding hydrogens is 466 g/mol. The predicted octanol–water partition coefficient (Wildman–Crippen LogP) is 3.21. The van der Waals surface area contributed by atoms with Gasteiger partial charge in [0.1, 0.15) is 5.60 Å². The van der Waals surface area contributed by atoms with Crippen molar-refractivity contribution in [2.24, 2.45) is 11.8 Å². The first-order chi connectivity index (χ1) is 15.8. The van der Waals surface area contributed by atoms with E-state index < -0.39 is 29.1 Å². The Bertz CT molecular complexity index is 1280. The van der Waals surface area contributed by atoms with E-state index >= 15 is 0 Å². The number of aliphatic hydroxyl groups excluding tert-OH is 1. The molecule has 170 valence electrons. The smallest absolute Gasteiger partial charge is 0.240 e. The third-order valence-electron chi connectivity index (χ3n) is 7.16. The van der Waals surface area contributed by atoms with Gasteiger partial charge < -0.3 is 14.6 Å². The van der Waals surface area contributed by atoms with E-state index in [4.69, 9.17) is 21.1 Å². The third kappa shape index (κ3) is 2.96. The highest BCUT2D eigenvalue weighted by Crippen LogP contribution is 2.62. The van der Waals surface area contributed by atoms with Crippen molar-refractivity contribution >= 4 is 50.7 Å². The molecule has 33 heavy (non-hydrogen) atoms. The Hall–Kier alpha value is -2.59. The summed E-state index contributed by atoms with van der Waals surface area (Å²) >= 11 is 7.32. The number of carbonyl (C=O) groups excluding carboxylic acids is 2. The number of hydrogen-bond acceptors (Lipinski definition) is 8. The minimum Gasteiger partial charge on any atom is -0.478 e. The maximum atomic E-state index is 13.7. The van der Waals surface area contributed by atoms with Gasteiger partial charge in [0.15, 0.2) is 0 Å². The van der Waals surface area contributed by atoms with Crippen molar-refractivity contribution in [1.82, 2.24) is 9.97 Å². The molecule has 3 saturated heterocycles. The van der Waals surface area contributed by atoms with Crippen LogP contribution in [0.5, 0.6) is 5.88 Å². The zero-order valence-electron chi connectivity index (χ0n) is 17.6. The molecule has 3 aliphatic rings. The number of rotatable bonds is 5. The fourth-order valence-electron chi connectivity index (χ4n) is 5.64. The van der Waals surface area contributed by atoms with Crippen molar-refractivity contribution in [2.45, 2.75) is 37.1 Å². The molecule has 3 aliphatic heterocycles. The highest BCUT2D eigenvalue weighted by atomic mass is 35.5. The predicted molar refractivity (Wildman–Crippen MR) is 121 cm³/mol. The van der Waals surface area contributed by atoms with Gasteiger partial charge in [0.25, 0.3) is 0 Å². The summed E-state index contributed by atoms with van der Waals surface area (Å²) in [6, 6.07) is 8.70. The van der Waals surface area contributed by atoms with Crippen LogP contribution in [0.4, 0.5) is 5.69 Å². The molecule has 1 aromatic carbocycles. The Morgan fingerprint density at radius 2 is 2.06 bits per heavy atom. The number of halogens is 1. The van der Waals surface area contributed by atoms with Gasteiger partial charge in [-0.05, 0) is 31.2 Å². The van der Waals surface area contributed by atoms with Gasteiger partial charge in [0.05, 0.1) is 56.6 Å². The van der Waals surface area contributed by atoms with Gasteiger partial charge in [-0.25, -0.2) is 14.9 Å². The van der Waals surface area contributed by atoms with Crippen molar-refractivity contribution in [1.29, 1.82) is 0 Å². The fourth-order valence-corrected chi connectivity index (χ4v) is 6.46. The molecule has 0 unspecified atom stereocenters. The lowest BCUT2D eigenvalue weighted by molar-refractivity contribution is -0.134. The van der Waals surface area contributed by atoms with Crippen molar-refractivity contribution in [3.8, 4) is 5.88 Å². The van der Waals surface area contributed by atoms with Gasteiger partial charge >= 0.3 is 0 Å². The Balaban J connectivity index is 1.30. The molecule has 6 rings (SSSR count). The summed E-state index contributed by atoms with van der Waals surface area (Å²) in [5.41, 5.74) is 0.955. The molecule has 8 nitrogen and oxygen atoms in total. The molecule has 10 heteroatoms. The zero-order valence-corrected chi connectivity index (χ0v) is 19.2. The molecule has 2 aromatic heterocycles. The van der Waals surface area contributed by atoms with E-state index in [1.165, 1.54) is 22.4 Å². The number of fused-ring (bicyclic) bond motifs is 6. The molecule has 5 atom stereocenters. The summed E-state index contributed by atoms with van der Waals surface area (Å²) in [6.07, 6.45) is 1.24. The summed E-state index contributed by atoms with van der Waals surface area (Å²) in [4.78, 5) is 36.8. The number of aromatic nitrogens is 2. The first kappa shape index (κ1) is 21.0. The topological polar surface area (TPSA) is 102 Å². The summed E-state index contributed by atoms with van der Waals surface area (Å²) in [7, 11) is 0. The molecular formula is C23H20ClN3O5S. The highest BCUT2D eigenvalue weighted by Gasteiger charge is 2.77. The second-order valence-electron chi connectivity index (χ2n) is 8.96. The largest absolute Gasteiger partial charge is 0.478 e. The van der Waals surface area contributed by atoms with Crippen LogP contribution in [0.2, 0.25) is 5.02 Å². The van der Waals surface area contributed by atoms with E-state index in [-0.39, 0.29) is 24.8 Å². The normalized spacial score (nSPS) is 32.7. The van der Waals surface area contributed by atoms with E-state index in [9.17, 15) is 14.7 Å². The number of thiazole rings is 1. The minimum absolute atomic E-state index is 0.217.